The topological polar surface area (TPSA) is 57.5 Å². The third-order valence-corrected chi connectivity index (χ3v) is 0. The normalized spacial score (nSPS) is 3.82. The van der Waals surface area contributed by atoms with E-state index in [2.05, 4.69) is 25.7 Å². The molecule has 0 spiro atoms. The van der Waals surface area contributed by atoms with Gasteiger partial charge < -0.3 is 19.0 Å². The molecule has 0 heterocycles. The molecule has 0 aromatic carbocycles. The van der Waals surface area contributed by atoms with E-state index in [1.807, 2.05) is 0 Å². The van der Waals surface area contributed by atoms with E-state index in [9.17, 15) is 0 Å². The van der Waals surface area contributed by atoms with E-state index in [4.69, 9.17) is 13.1 Å². The summed E-state index contributed by atoms with van der Waals surface area (Å²) in [5, 5.41) is 7.57. The van der Waals surface area contributed by atoms with Crippen LogP contribution in [0.3, 0.4) is 0 Å². The van der Waals surface area contributed by atoms with E-state index >= 15 is 0 Å². The van der Waals surface area contributed by atoms with E-state index in [0.29, 0.717) is 0 Å². The fourth-order valence-corrected chi connectivity index (χ4v) is 0. The van der Waals surface area contributed by atoms with Gasteiger partial charge >= 0.3 is 23.7 Å². The van der Waals surface area contributed by atoms with Gasteiger partial charge in [0.05, 0.1) is 11.9 Å². The van der Waals surface area contributed by atoms with Crippen LogP contribution in [-0.4, -0.2) is 16.4 Å². The van der Waals surface area contributed by atoms with Gasteiger partial charge in [-0.15, -0.1) is 0 Å². The predicted octanol–water partition coefficient (Wildman–Crippen LogP) is 1.69. The average Bonchev–Trinajstić information content (AvgIpc) is 2.18. The molecule has 0 rings (SSSR count). The number of rotatable bonds is 0. The van der Waals surface area contributed by atoms with Gasteiger partial charge in [0, 0.05) is 6.61 Å². The van der Waals surface area contributed by atoms with E-state index < -0.39 is 0 Å². The van der Waals surface area contributed by atoms with Gasteiger partial charge in [-0.1, -0.05) is 0 Å². The van der Waals surface area contributed by atoms with Gasteiger partial charge in [-0.3, -0.25) is 4.66 Å². The summed E-state index contributed by atoms with van der Waals surface area (Å²) in [6.45, 7) is 11.9. The molecule has 2 N–H and O–H groups in total. The molecule has 0 unspecified atom stereocenters. The average molecular weight is 221 g/mol. The predicted molar refractivity (Wildman–Crippen MR) is 43.6 cm³/mol. The molecule has 0 radical (unpaired) electrons. The molecule has 11 heavy (non-hydrogen) atoms. The first kappa shape index (κ1) is 29.8. The van der Waals surface area contributed by atoms with Crippen molar-refractivity contribution in [1.29, 1.82) is 0 Å². The Morgan fingerprint density at radius 3 is 1.18 bits per heavy atom. The van der Waals surface area contributed by atoms with Gasteiger partial charge in [-0.25, -0.2) is 0 Å². The molecule has 3 nitrogen and oxygen atoms in total. The van der Waals surface area contributed by atoms with E-state index in [0.717, 1.165) is 20.4 Å². The Morgan fingerprint density at radius 1 is 1.18 bits per heavy atom. The Balaban J connectivity index is -0.0000000139. The quantitative estimate of drug-likeness (QED) is 0.482. The Hall–Kier alpha value is 0.724. The molecule has 70 valence electrons. The van der Waals surface area contributed by atoms with Gasteiger partial charge in [0.1, 0.15) is 0 Å². The second-order valence-electron chi connectivity index (χ2n) is 0.316. The van der Waals surface area contributed by atoms with Crippen LogP contribution in [0.4, 0.5) is 0 Å². The van der Waals surface area contributed by atoms with Crippen molar-refractivity contribution >= 4 is 11.9 Å². The Morgan fingerprint density at radius 2 is 1.18 bits per heavy atom. The van der Waals surface area contributed by atoms with Crippen molar-refractivity contribution in [2.75, 3.05) is 6.61 Å². The summed E-state index contributed by atoms with van der Waals surface area (Å²) in [6, 6.07) is 0. The van der Waals surface area contributed by atoms with Gasteiger partial charge in [0.15, 0.2) is 0 Å². The van der Waals surface area contributed by atoms with Crippen LogP contribution in [0.15, 0.2) is 0 Å². The van der Waals surface area contributed by atoms with Crippen LogP contribution >= 0.6 is 11.9 Å². The summed E-state index contributed by atoms with van der Waals surface area (Å²) in [6.07, 6.45) is 0. The minimum absolute atomic E-state index is 0.250. The van der Waals surface area contributed by atoms with Crippen LogP contribution in [-0.2, 0) is 23.7 Å². The minimum atomic E-state index is 0.250. The molecule has 0 bridgehead atoms. The number of halogens is 1. The Bertz CT molecular complexity index is 21.8. The monoisotopic (exact) mass is 220 g/mol. The molecular weight excluding hydrogens is 203 g/mol. The molecule has 0 atom stereocenters. The zero-order chi connectivity index (χ0) is 10.7. The molecule has 0 aromatic heterocycles. The summed E-state index contributed by atoms with van der Waals surface area (Å²) in [4.78, 5) is 0. The molecular formula is C6H17ClO3Ti. The Labute approximate surface area is 86.7 Å². The van der Waals surface area contributed by atoms with Crippen molar-refractivity contribution in [3.05, 3.63) is 13.8 Å². The van der Waals surface area contributed by atoms with Crippen LogP contribution in [0.5, 0.6) is 0 Å². The first-order valence-corrected chi connectivity index (χ1v) is 3.79. The molecule has 5 heteroatoms. The number of hydrogen-bond acceptors (Lipinski definition) is 3. The van der Waals surface area contributed by atoms with Crippen molar-refractivity contribution in [1.82, 2.24) is 0 Å². The molecule has 0 saturated carbocycles. The summed E-state index contributed by atoms with van der Waals surface area (Å²) in [5.41, 5.74) is 0. The first-order valence-electron chi connectivity index (χ1n) is 2.81. The maximum absolute atomic E-state index is 8.25. The first-order chi connectivity index (χ1) is 5.41. The van der Waals surface area contributed by atoms with E-state index in [1.54, 1.807) is 20.8 Å². The summed E-state index contributed by atoms with van der Waals surface area (Å²) in [7, 11) is 0. The van der Waals surface area contributed by atoms with Crippen LogP contribution in [0.25, 0.3) is 0 Å². The zero-order valence-electron chi connectivity index (χ0n) is 7.30. The molecule has 0 aliphatic rings. The van der Waals surface area contributed by atoms with Crippen molar-refractivity contribution in [3.63, 3.8) is 0 Å². The zero-order valence-corrected chi connectivity index (χ0v) is 9.62. The number of hydrogen-bond donors (Lipinski definition) is 2. The fourth-order valence-electron chi connectivity index (χ4n) is 0. The summed E-state index contributed by atoms with van der Waals surface area (Å²) >= 11 is 4.39. The van der Waals surface area contributed by atoms with Crippen molar-refractivity contribution in [3.8, 4) is 0 Å². The second-order valence-corrected chi connectivity index (χ2v) is 0.316. The van der Waals surface area contributed by atoms with Crippen molar-refractivity contribution in [2.45, 2.75) is 20.8 Å². The van der Waals surface area contributed by atoms with Crippen molar-refractivity contribution < 1.29 is 33.5 Å². The van der Waals surface area contributed by atoms with Gasteiger partial charge in [-0.2, -0.15) is 13.8 Å². The van der Waals surface area contributed by atoms with Gasteiger partial charge in [0.25, 0.3) is 0 Å². The van der Waals surface area contributed by atoms with E-state index in [-0.39, 0.29) is 6.61 Å². The standard InChI is InChI=1S/C2H6O.2C2H5.ClHO.O.Ti/c1-2-3;3*1-2;;/h3H,2H2,1H3;2*1H2,2H3;2H;;/q;2*-1;;;+2. The molecule has 0 aliphatic carbocycles. The van der Waals surface area contributed by atoms with Crippen LogP contribution < -0.4 is 0 Å². The van der Waals surface area contributed by atoms with Crippen LogP contribution in [0.1, 0.15) is 20.8 Å². The number of aliphatic hydroxyl groups is 1. The molecule has 0 saturated heterocycles. The van der Waals surface area contributed by atoms with Crippen LogP contribution in [0, 0.1) is 13.8 Å². The summed E-state index contributed by atoms with van der Waals surface area (Å²) < 4.78 is 14.7. The maximum atomic E-state index is 8.25. The molecule has 0 aromatic rings. The van der Waals surface area contributed by atoms with E-state index in [1.165, 1.54) is 0 Å². The fraction of sp³-hybridized carbons (Fsp3) is 0.667. The third kappa shape index (κ3) is 1560. The van der Waals surface area contributed by atoms with Crippen LogP contribution in [0.2, 0.25) is 0 Å². The molecule has 0 fully saturated rings. The SMILES string of the molecule is CCO.OCl.[CH2-]C.[CH2-]C.[O]=[Ti+2]. The molecule has 0 amide bonds. The third-order valence-electron chi connectivity index (χ3n) is 0. The Kier molecular flexibility index (Phi) is 925. The second kappa shape index (κ2) is 341. The summed E-state index contributed by atoms with van der Waals surface area (Å²) in [5.74, 6) is 0. The molecule has 0 aliphatic heterocycles. The van der Waals surface area contributed by atoms with Gasteiger partial charge in [0.2, 0.25) is 0 Å². The number of aliphatic hydroxyl groups excluding tert-OH is 1. The van der Waals surface area contributed by atoms with Gasteiger partial charge in [-0.05, 0) is 6.92 Å². The van der Waals surface area contributed by atoms with Crippen molar-refractivity contribution in [2.24, 2.45) is 0 Å².